The maximum Gasteiger partial charge on any atom is 0.271 e. The van der Waals surface area contributed by atoms with Crippen LogP contribution in [0.5, 0.6) is 0 Å². The first-order valence-corrected chi connectivity index (χ1v) is 8.24. The number of aromatic nitrogens is 2. The molecule has 0 unspecified atom stereocenters. The van der Waals surface area contributed by atoms with Gasteiger partial charge >= 0.3 is 0 Å². The fraction of sp³-hybridized carbons (Fsp3) is 0.353. The second-order valence-electron chi connectivity index (χ2n) is 5.73. The molecule has 0 spiro atoms. The van der Waals surface area contributed by atoms with Crippen LogP contribution in [0.15, 0.2) is 36.7 Å². The molecule has 1 aromatic heterocycles. The number of halogens is 1. The van der Waals surface area contributed by atoms with Crippen LogP contribution in [0.1, 0.15) is 42.6 Å². The van der Waals surface area contributed by atoms with Gasteiger partial charge in [-0.25, -0.2) is 9.97 Å². The Balaban J connectivity index is 1.59. The van der Waals surface area contributed by atoms with Gasteiger partial charge in [0.15, 0.2) is 0 Å². The average Bonchev–Trinajstić information content (AvgIpc) is 2.58. The van der Waals surface area contributed by atoms with Crippen LogP contribution in [0.3, 0.4) is 0 Å². The first kappa shape index (κ1) is 15.7. The molecule has 1 aliphatic rings. The Morgan fingerprint density at radius 2 is 1.78 bits per heavy atom. The summed E-state index contributed by atoms with van der Waals surface area (Å²) in [6, 6.07) is 7.57. The molecule has 1 heterocycles. The number of hydrogen-bond acceptors (Lipinski definition) is 4. The number of carbonyl (C=O) groups is 1. The van der Waals surface area contributed by atoms with Gasteiger partial charge in [-0.2, -0.15) is 0 Å². The SMILES string of the molecule is O=C(NC1CCCCC1)c1cnc(Nc2ccc(Cl)cc2)cn1. The molecule has 1 fully saturated rings. The van der Waals surface area contributed by atoms with E-state index in [1.807, 2.05) is 12.1 Å². The Bertz CT molecular complexity index is 651. The molecule has 120 valence electrons. The van der Waals surface area contributed by atoms with Crippen molar-refractivity contribution in [2.45, 2.75) is 38.1 Å². The van der Waals surface area contributed by atoms with E-state index in [1.165, 1.54) is 25.5 Å². The minimum Gasteiger partial charge on any atom is -0.348 e. The van der Waals surface area contributed by atoms with E-state index in [1.54, 1.807) is 18.3 Å². The van der Waals surface area contributed by atoms with Gasteiger partial charge in [0.2, 0.25) is 0 Å². The summed E-state index contributed by atoms with van der Waals surface area (Å²) in [5.74, 6) is 0.434. The van der Waals surface area contributed by atoms with Crippen LogP contribution in [0.25, 0.3) is 0 Å². The van der Waals surface area contributed by atoms with Crippen LogP contribution in [0, 0.1) is 0 Å². The van der Waals surface area contributed by atoms with E-state index in [2.05, 4.69) is 20.6 Å². The molecule has 2 N–H and O–H groups in total. The number of hydrogen-bond donors (Lipinski definition) is 2. The maximum absolute atomic E-state index is 12.2. The van der Waals surface area contributed by atoms with E-state index in [0.717, 1.165) is 18.5 Å². The maximum atomic E-state index is 12.2. The van der Waals surface area contributed by atoms with Crippen LogP contribution in [-0.2, 0) is 0 Å². The molecule has 1 saturated carbocycles. The molecule has 0 atom stereocenters. The molecule has 3 rings (SSSR count). The standard InChI is InChI=1S/C17H19ClN4O/c18-12-6-8-14(9-7-12)21-16-11-19-15(10-20-16)17(23)22-13-4-2-1-3-5-13/h6-11,13H,1-5H2,(H,20,21)(H,22,23). The highest BCUT2D eigenvalue weighted by atomic mass is 35.5. The van der Waals surface area contributed by atoms with Crippen molar-refractivity contribution in [2.24, 2.45) is 0 Å². The van der Waals surface area contributed by atoms with Gasteiger partial charge in [0.05, 0.1) is 12.4 Å². The predicted molar refractivity (Wildman–Crippen MR) is 91.1 cm³/mol. The molecule has 0 bridgehead atoms. The highest BCUT2D eigenvalue weighted by molar-refractivity contribution is 6.30. The number of rotatable bonds is 4. The third-order valence-corrected chi connectivity index (χ3v) is 4.19. The van der Waals surface area contributed by atoms with Crippen molar-refractivity contribution in [3.05, 3.63) is 47.4 Å². The van der Waals surface area contributed by atoms with Gasteiger partial charge in [-0.05, 0) is 37.1 Å². The smallest absolute Gasteiger partial charge is 0.271 e. The lowest BCUT2D eigenvalue weighted by molar-refractivity contribution is 0.0922. The number of nitrogens with one attached hydrogen (secondary N) is 2. The molecular weight excluding hydrogens is 312 g/mol. The van der Waals surface area contributed by atoms with Gasteiger partial charge in [-0.15, -0.1) is 0 Å². The number of amides is 1. The van der Waals surface area contributed by atoms with Crippen molar-refractivity contribution in [1.29, 1.82) is 0 Å². The van der Waals surface area contributed by atoms with Crippen molar-refractivity contribution >= 4 is 29.0 Å². The Kier molecular flexibility index (Phi) is 5.08. The van der Waals surface area contributed by atoms with E-state index in [9.17, 15) is 4.79 Å². The lowest BCUT2D eigenvalue weighted by atomic mass is 9.95. The van der Waals surface area contributed by atoms with Crippen LogP contribution in [0.2, 0.25) is 5.02 Å². The van der Waals surface area contributed by atoms with E-state index < -0.39 is 0 Å². The zero-order chi connectivity index (χ0) is 16.1. The van der Waals surface area contributed by atoms with E-state index in [-0.39, 0.29) is 11.9 Å². The molecule has 0 radical (unpaired) electrons. The van der Waals surface area contributed by atoms with Crippen molar-refractivity contribution in [3.8, 4) is 0 Å². The molecular formula is C17H19ClN4O. The highest BCUT2D eigenvalue weighted by Crippen LogP contribution is 2.18. The van der Waals surface area contributed by atoms with Crippen LogP contribution < -0.4 is 10.6 Å². The van der Waals surface area contributed by atoms with Gasteiger partial charge in [0, 0.05) is 16.8 Å². The highest BCUT2D eigenvalue weighted by Gasteiger charge is 2.17. The molecule has 5 nitrogen and oxygen atoms in total. The Morgan fingerprint density at radius 1 is 1.04 bits per heavy atom. The number of carbonyl (C=O) groups excluding carboxylic acids is 1. The Hall–Kier alpha value is -2.14. The quantitative estimate of drug-likeness (QED) is 0.891. The van der Waals surface area contributed by atoms with Gasteiger partial charge in [-0.3, -0.25) is 4.79 Å². The zero-order valence-electron chi connectivity index (χ0n) is 12.8. The summed E-state index contributed by atoms with van der Waals surface area (Å²) in [5, 5.41) is 6.83. The van der Waals surface area contributed by atoms with Gasteiger partial charge in [-0.1, -0.05) is 30.9 Å². The minimum absolute atomic E-state index is 0.151. The van der Waals surface area contributed by atoms with Crippen molar-refractivity contribution in [2.75, 3.05) is 5.32 Å². The second-order valence-corrected chi connectivity index (χ2v) is 6.16. The topological polar surface area (TPSA) is 66.9 Å². The van der Waals surface area contributed by atoms with Crippen LogP contribution in [0.4, 0.5) is 11.5 Å². The number of benzene rings is 1. The zero-order valence-corrected chi connectivity index (χ0v) is 13.5. The van der Waals surface area contributed by atoms with E-state index >= 15 is 0 Å². The summed E-state index contributed by atoms with van der Waals surface area (Å²) in [7, 11) is 0. The number of anilines is 2. The summed E-state index contributed by atoms with van der Waals surface area (Å²) >= 11 is 5.85. The summed E-state index contributed by atoms with van der Waals surface area (Å²) in [6.07, 6.45) is 8.78. The van der Waals surface area contributed by atoms with Crippen molar-refractivity contribution < 1.29 is 4.79 Å². The van der Waals surface area contributed by atoms with E-state index in [0.29, 0.717) is 16.5 Å². The summed E-state index contributed by atoms with van der Waals surface area (Å²) in [4.78, 5) is 20.6. The van der Waals surface area contributed by atoms with Gasteiger partial charge < -0.3 is 10.6 Å². The fourth-order valence-electron chi connectivity index (χ4n) is 2.70. The lowest BCUT2D eigenvalue weighted by Crippen LogP contribution is -2.36. The first-order chi connectivity index (χ1) is 11.2. The normalized spacial score (nSPS) is 15.2. The molecule has 0 saturated heterocycles. The molecule has 23 heavy (non-hydrogen) atoms. The predicted octanol–water partition coefficient (Wildman–Crippen LogP) is 3.94. The molecule has 1 aliphatic carbocycles. The van der Waals surface area contributed by atoms with E-state index in [4.69, 9.17) is 11.6 Å². The minimum atomic E-state index is -0.151. The van der Waals surface area contributed by atoms with Crippen molar-refractivity contribution in [1.82, 2.24) is 15.3 Å². The van der Waals surface area contributed by atoms with Crippen LogP contribution >= 0.6 is 11.6 Å². The monoisotopic (exact) mass is 330 g/mol. The lowest BCUT2D eigenvalue weighted by Gasteiger charge is -2.22. The van der Waals surface area contributed by atoms with Gasteiger partial charge in [0.1, 0.15) is 11.5 Å². The summed E-state index contributed by atoms with van der Waals surface area (Å²) < 4.78 is 0. The molecule has 0 aliphatic heterocycles. The Morgan fingerprint density at radius 3 is 2.43 bits per heavy atom. The summed E-state index contributed by atoms with van der Waals surface area (Å²) in [5.41, 5.74) is 1.21. The molecule has 1 amide bonds. The second kappa shape index (κ2) is 7.42. The average molecular weight is 331 g/mol. The fourth-order valence-corrected chi connectivity index (χ4v) is 2.82. The number of nitrogens with zero attached hydrogens (tertiary/aromatic N) is 2. The molecule has 6 heteroatoms. The molecule has 2 aromatic rings. The third-order valence-electron chi connectivity index (χ3n) is 3.94. The molecule has 1 aromatic carbocycles. The summed E-state index contributed by atoms with van der Waals surface area (Å²) in [6.45, 7) is 0. The largest absolute Gasteiger partial charge is 0.348 e. The third kappa shape index (κ3) is 4.42. The van der Waals surface area contributed by atoms with Crippen molar-refractivity contribution in [3.63, 3.8) is 0 Å². The first-order valence-electron chi connectivity index (χ1n) is 7.86. The Labute approximate surface area is 140 Å². The van der Waals surface area contributed by atoms with Crippen LogP contribution in [-0.4, -0.2) is 21.9 Å². The van der Waals surface area contributed by atoms with Gasteiger partial charge in [0.25, 0.3) is 5.91 Å².